The van der Waals surface area contributed by atoms with Crippen LogP contribution in [0, 0.1) is 5.92 Å². The van der Waals surface area contributed by atoms with Crippen molar-refractivity contribution < 1.29 is 13.2 Å². The second-order valence-corrected chi connectivity index (χ2v) is 8.32. The lowest BCUT2D eigenvalue weighted by molar-refractivity contribution is 0.0797. The molecule has 1 aliphatic rings. The van der Waals surface area contributed by atoms with Crippen LogP contribution >= 0.6 is 0 Å². The quantitative estimate of drug-likeness (QED) is 0.822. The van der Waals surface area contributed by atoms with Crippen LogP contribution in [-0.4, -0.2) is 63.7 Å². The van der Waals surface area contributed by atoms with Gasteiger partial charge in [0.1, 0.15) is 5.82 Å². The van der Waals surface area contributed by atoms with Gasteiger partial charge in [-0.25, -0.2) is 18.1 Å². The molecule has 2 rings (SSSR count). The van der Waals surface area contributed by atoms with Gasteiger partial charge in [0.25, 0.3) is 5.91 Å². The molecule has 1 aliphatic heterocycles. The van der Waals surface area contributed by atoms with Crippen LogP contribution in [0.3, 0.4) is 0 Å². The number of anilines is 1. The van der Waals surface area contributed by atoms with Crippen LogP contribution in [-0.2, 0) is 10.0 Å². The molecule has 1 aromatic rings. The topological polar surface area (TPSA) is 82.6 Å². The number of carbonyl (C=O) groups is 1. The number of hydrogen-bond donors (Lipinski definition) is 1. The summed E-state index contributed by atoms with van der Waals surface area (Å²) in [5.41, 5.74) is 0.570. The van der Waals surface area contributed by atoms with Crippen molar-refractivity contribution in [1.29, 1.82) is 0 Å². The predicted molar refractivity (Wildman–Crippen MR) is 94.7 cm³/mol. The van der Waals surface area contributed by atoms with Crippen molar-refractivity contribution in [1.82, 2.24) is 14.6 Å². The minimum absolute atomic E-state index is 0.140. The Kier molecular flexibility index (Phi) is 6.17. The molecule has 134 valence electrons. The Morgan fingerprint density at radius 3 is 2.92 bits per heavy atom. The summed E-state index contributed by atoms with van der Waals surface area (Å²) in [4.78, 5) is 20.6. The van der Waals surface area contributed by atoms with Crippen LogP contribution in [0.25, 0.3) is 0 Å². The van der Waals surface area contributed by atoms with E-state index in [1.165, 1.54) is 11.3 Å². The Hall–Kier alpha value is -1.67. The van der Waals surface area contributed by atoms with Crippen molar-refractivity contribution in [2.75, 3.05) is 44.4 Å². The van der Waals surface area contributed by atoms with Gasteiger partial charge in [0.15, 0.2) is 0 Å². The Labute approximate surface area is 144 Å². The number of aromatic nitrogens is 1. The van der Waals surface area contributed by atoms with E-state index in [0.29, 0.717) is 18.0 Å². The molecular formula is C16H26N4O3S. The molecule has 24 heavy (non-hydrogen) atoms. The first-order chi connectivity index (χ1) is 11.3. The molecule has 0 spiro atoms. The predicted octanol–water partition coefficient (Wildman–Crippen LogP) is 0.939. The van der Waals surface area contributed by atoms with Crippen LogP contribution in [0.4, 0.5) is 5.82 Å². The fourth-order valence-electron chi connectivity index (χ4n) is 2.84. The van der Waals surface area contributed by atoms with Crippen molar-refractivity contribution in [2.24, 2.45) is 5.92 Å². The minimum atomic E-state index is -3.24. The molecule has 8 heteroatoms. The fraction of sp³-hybridized carbons (Fsp3) is 0.625. The fourth-order valence-corrected chi connectivity index (χ4v) is 3.30. The maximum atomic E-state index is 12.5. The van der Waals surface area contributed by atoms with Gasteiger partial charge in [-0.1, -0.05) is 6.92 Å². The van der Waals surface area contributed by atoms with Gasteiger partial charge < -0.3 is 9.80 Å². The van der Waals surface area contributed by atoms with Gasteiger partial charge in [0.2, 0.25) is 10.0 Å². The second kappa shape index (κ2) is 7.94. The highest BCUT2D eigenvalue weighted by atomic mass is 32.2. The number of hydrogen-bond acceptors (Lipinski definition) is 5. The molecule has 1 fully saturated rings. The maximum Gasteiger partial charge on any atom is 0.253 e. The van der Waals surface area contributed by atoms with Crippen LogP contribution in [0.2, 0.25) is 0 Å². The smallest absolute Gasteiger partial charge is 0.253 e. The highest BCUT2D eigenvalue weighted by molar-refractivity contribution is 7.88. The summed E-state index contributed by atoms with van der Waals surface area (Å²) in [6, 6.07) is 3.51. The average Bonchev–Trinajstić information content (AvgIpc) is 2.53. The largest absolute Gasteiger partial charge is 0.356 e. The monoisotopic (exact) mass is 354 g/mol. The van der Waals surface area contributed by atoms with Gasteiger partial charge >= 0.3 is 0 Å². The van der Waals surface area contributed by atoms with E-state index < -0.39 is 10.0 Å². The number of carbonyl (C=O) groups excluding carboxylic acids is 1. The van der Waals surface area contributed by atoms with Gasteiger partial charge in [0.05, 0.1) is 6.26 Å². The molecule has 7 nitrogen and oxygen atoms in total. The van der Waals surface area contributed by atoms with Crippen LogP contribution in [0.1, 0.15) is 30.1 Å². The van der Waals surface area contributed by atoms with Crippen molar-refractivity contribution in [3.63, 3.8) is 0 Å². The van der Waals surface area contributed by atoms with Gasteiger partial charge in [-0.3, -0.25) is 4.79 Å². The summed E-state index contributed by atoms with van der Waals surface area (Å²) in [6.45, 7) is 4.65. The van der Waals surface area contributed by atoms with E-state index in [1.54, 1.807) is 19.3 Å². The number of piperidine rings is 1. The summed E-state index contributed by atoms with van der Waals surface area (Å²) >= 11 is 0. The van der Waals surface area contributed by atoms with Crippen LogP contribution in [0.15, 0.2) is 18.3 Å². The lowest BCUT2D eigenvalue weighted by Gasteiger charge is -2.32. The van der Waals surface area contributed by atoms with E-state index in [9.17, 15) is 13.2 Å². The molecular weight excluding hydrogens is 328 g/mol. The summed E-state index contributed by atoms with van der Waals surface area (Å²) < 4.78 is 24.5. The summed E-state index contributed by atoms with van der Waals surface area (Å²) in [7, 11) is -1.58. The van der Waals surface area contributed by atoms with Crippen LogP contribution < -0.4 is 9.62 Å². The zero-order chi connectivity index (χ0) is 17.7. The molecule has 0 saturated carbocycles. The average molecular weight is 354 g/mol. The number of pyridine rings is 1. The first-order valence-electron chi connectivity index (χ1n) is 8.17. The second-order valence-electron chi connectivity index (χ2n) is 6.49. The highest BCUT2D eigenvalue weighted by Gasteiger charge is 2.19. The number of sulfonamides is 1. The van der Waals surface area contributed by atoms with E-state index >= 15 is 0 Å². The van der Waals surface area contributed by atoms with E-state index in [1.807, 2.05) is 6.07 Å². The third kappa shape index (κ3) is 5.45. The molecule has 0 bridgehead atoms. The normalized spacial score (nSPS) is 18.5. The maximum absolute atomic E-state index is 12.5. The van der Waals surface area contributed by atoms with Gasteiger partial charge in [-0.05, 0) is 30.9 Å². The zero-order valence-electron chi connectivity index (χ0n) is 14.5. The van der Waals surface area contributed by atoms with Gasteiger partial charge in [-0.2, -0.15) is 0 Å². The Morgan fingerprint density at radius 1 is 1.50 bits per heavy atom. The molecule has 1 saturated heterocycles. The molecule has 1 atom stereocenters. The summed E-state index contributed by atoms with van der Waals surface area (Å²) in [5, 5.41) is 0. The van der Waals surface area contributed by atoms with Crippen molar-refractivity contribution >= 4 is 21.7 Å². The number of rotatable bonds is 6. The zero-order valence-corrected chi connectivity index (χ0v) is 15.3. The standard InChI is InChI=1S/C16H26N4O3S/c1-13-5-4-9-20(12-13)15-11-14(6-7-17-15)16(21)19(2)10-8-18-24(3,22)23/h6-7,11,13,18H,4-5,8-10,12H2,1-3H3. The van der Waals surface area contributed by atoms with Gasteiger partial charge in [-0.15, -0.1) is 0 Å². The molecule has 1 aromatic heterocycles. The van der Waals surface area contributed by atoms with E-state index in [2.05, 4.69) is 21.5 Å². The Balaban J connectivity index is 2.00. The molecule has 0 aromatic carbocycles. The van der Waals surface area contributed by atoms with Crippen LogP contribution in [0.5, 0.6) is 0 Å². The van der Waals surface area contributed by atoms with Gasteiger partial charge in [0, 0.05) is 45.0 Å². The number of nitrogens with zero attached hydrogens (tertiary/aromatic N) is 3. The first-order valence-corrected chi connectivity index (χ1v) is 10.1. The van der Waals surface area contributed by atoms with Crippen molar-refractivity contribution in [3.05, 3.63) is 23.9 Å². The lowest BCUT2D eigenvalue weighted by Crippen LogP contribution is -2.36. The summed E-state index contributed by atoms with van der Waals surface area (Å²) in [6.07, 6.45) is 5.12. The van der Waals surface area contributed by atoms with E-state index in [4.69, 9.17) is 0 Å². The number of nitrogens with one attached hydrogen (secondary N) is 1. The number of likely N-dealkylation sites (N-methyl/N-ethyl adjacent to an activating group) is 1. The molecule has 1 amide bonds. The number of amides is 1. The Morgan fingerprint density at radius 2 is 2.25 bits per heavy atom. The molecule has 1 unspecified atom stereocenters. The molecule has 1 N–H and O–H groups in total. The minimum Gasteiger partial charge on any atom is -0.356 e. The lowest BCUT2D eigenvalue weighted by atomic mass is 10.0. The van der Waals surface area contributed by atoms with E-state index in [-0.39, 0.29) is 12.5 Å². The molecule has 0 aliphatic carbocycles. The van der Waals surface area contributed by atoms with E-state index in [0.717, 1.165) is 31.6 Å². The first kappa shape index (κ1) is 18.7. The van der Waals surface area contributed by atoms with Crippen molar-refractivity contribution in [3.8, 4) is 0 Å². The SMILES string of the molecule is CC1CCCN(c2cc(C(=O)N(C)CCNS(C)(=O)=O)ccn2)C1. The third-order valence-corrected chi connectivity index (χ3v) is 4.86. The molecule has 0 radical (unpaired) electrons. The molecule has 2 heterocycles. The summed E-state index contributed by atoms with van der Waals surface area (Å²) in [5.74, 6) is 1.32. The third-order valence-electron chi connectivity index (χ3n) is 4.13. The van der Waals surface area contributed by atoms with Crippen molar-refractivity contribution in [2.45, 2.75) is 19.8 Å². The Bertz CT molecular complexity index is 678. The highest BCUT2D eigenvalue weighted by Crippen LogP contribution is 2.22.